The zero-order valence-corrected chi connectivity index (χ0v) is 16.7. The average Bonchev–Trinajstić information content (AvgIpc) is 3.09. The molecule has 0 radical (unpaired) electrons. The molecule has 1 fully saturated rings. The standard InChI is InChI=1S/C22H32N2O3/c1-23(2)21(25)11-9-18-7-10-20-19(15-18)16-24(13-14-27-20)22(26)12-8-17-5-3-4-6-17/h7,10,15,17H,3-6,8-9,11-14,16H2,1-2H3. The van der Waals surface area contributed by atoms with Crippen LogP contribution in [0.3, 0.4) is 0 Å². The Morgan fingerprint density at radius 2 is 1.96 bits per heavy atom. The highest BCUT2D eigenvalue weighted by Crippen LogP contribution is 2.29. The van der Waals surface area contributed by atoms with E-state index in [2.05, 4.69) is 6.07 Å². The summed E-state index contributed by atoms with van der Waals surface area (Å²) in [4.78, 5) is 28.1. The van der Waals surface area contributed by atoms with Crippen molar-refractivity contribution >= 4 is 11.8 Å². The van der Waals surface area contributed by atoms with Crippen molar-refractivity contribution in [2.24, 2.45) is 5.92 Å². The van der Waals surface area contributed by atoms with Gasteiger partial charge >= 0.3 is 0 Å². The van der Waals surface area contributed by atoms with E-state index in [1.54, 1.807) is 19.0 Å². The number of hydrogen-bond donors (Lipinski definition) is 0. The summed E-state index contributed by atoms with van der Waals surface area (Å²) in [5.41, 5.74) is 2.17. The number of benzene rings is 1. The minimum atomic E-state index is 0.130. The fourth-order valence-corrected chi connectivity index (χ4v) is 4.08. The van der Waals surface area contributed by atoms with Gasteiger partial charge in [0.25, 0.3) is 0 Å². The highest BCUT2D eigenvalue weighted by Gasteiger charge is 2.22. The van der Waals surface area contributed by atoms with Crippen molar-refractivity contribution in [3.05, 3.63) is 29.3 Å². The topological polar surface area (TPSA) is 49.9 Å². The molecule has 2 amide bonds. The van der Waals surface area contributed by atoms with Gasteiger partial charge in [-0.15, -0.1) is 0 Å². The fourth-order valence-electron chi connectivity index (χ4n) is 4.08. The molecule has 148 valence electrons. The van der Waals surface area contributed by atoms with E-state index in [4.69, 9.17) is 4.74 Å². The van der Waals surface area contributed by atoms with Crippen molar-refractivity contribution in [2.75, 3.05) is 27.2 Å². The Morgan fingerprint density at radius 1 is 1.19 bits per heavy atom. The molecule has 0 saturated heterocycles. The molecule has 5 nitrogen and oxygen atoms in total. The van der Waals surface area contributed by atoms with E-state index >= 15 is 0 Å². The fraction of sp³-hybridized carbons (Fsp3) is 0.636. The van der Waals surface area contributed by atoms with Gasteiger partial charge in [0, 0.05) is 39.0 Å². The quantitative estimate of drug-likeness (QED) is 0.769. The average molecular weight is 373 g/mol. The van der Waals surface area contributed by atoms with Gasteiger partial charge in [0.15, 0.2) is 0 Å². The number of ether oxygens (including phenoxy) is 1. The zero-order chi connectivity index (χ0) is 19.2. The summed E-state index contributed by atoms with van der Waals surface area (Å²) in [6.07, 6.45) is 8.09. The molecule has 0 atom stereocenters. The monoisotopic (exact) mass is 372 g/mol. The van der Waals surface area contributed by atoms with Crippen molar-refractivity contribution in [1.82, 2.24) is 9.80 Å². The van der Waals surface area contributed by atoms with Gasteiger partial charge in [0.2, 0.25) is 11.8 Å². The van der Waals surface area contributed by atoms with Crippen LogP contribution in [0.2, 0.25) is 0 Å². The first-order valence-corrected chi connectivity index (χ1v) is 10.3. The van der Waals surface area contributed by atoms with Crippen LogP contribution in [0.1, 0.15) is 56.1 Å². The molecule has 1 aromatic rings. The molecule has 0 unspecified atom stereocenters. The third-order valence-electron chi connectivity index (χ3n) is 5.83. The largest absolute Gasteiger partial charge is 0.491 e. The molecule has 27 heavy (non-hydrogen) atoms. The van der Waals surface area contributed by atoms with Gasteiger partial charge in [-0.25, -0.2) is 0 Å². The minimum absolute atomic E-state index is 0.130. The van der Waals surface area contributed by atoms with Gasteiger partial charge in [-0.1, -0.05) is 37.8 Å². The summed E-state index contributed by atoms with van der Waals surface area (Å²) >= 11 is 0. The molecule has 1 aliphatic carbocycles. The molecule has 1 heterocycles. The van der Waals surface area contributed by atoms with E-state index in [0.717, 1.165) is 29.2 Å². The van der Waals surface area contributed by atoms with Crippen LogP contribution in [0.25, 0.3) is 0 Å². The molecule has 5 heteroatoms. The lowest BCUT2D eigenvalue weighted by Gasteiger charge is -2.21. The number of aryl methyl sites for hydroxylation is 1. The van der Waals surface area contributed by atoms with Crippen molar-refractivity contribution < 1.29 is 14.3 Å². The van der Waals surface area contributed by atoms with E-state index in [0.29, 0.717) is 39.0 Å². The van der Waals surface area contributed by atoms with Crippen LogP contribution in [0.4, 0.5) is 0 Å². The van der Waals surface area contributed by atoms with E-state index in [9.17, 15) is 9.59 Å². The summed E-state index contributed by atoms with van der Waals surface area (Å²) in [5.74, 6) is 1.98. The Labute approximate surface area is 162 Å². The van der Waals surface area contributed by atoms with Crippen LogP contribution in [0.5, 0.6) is 5.75 Å². The third-order valence-corrected chi connectivity index (χ3v) is 5.83. The lowest BCUT2D eigenvalue weighted by molar-refractivity contribution is -0.132. The number of hydrogen-bond acceptors (Lipinski definition) is 3. The number of carbonyl (C=O) groups is 2. The lowest BCUT2D eigenvalue weighted by Crippen LogP contribution is -2.32. The smallest absolute Gasteiger partial charge is 0.222 e. The minimum Gasteiger partial charge on any atom is -0.491 e. The van der Waals surface area contributed by atoms with Crippen molar-refractivity contribution in [3.63, 3.8) is 0 Å². The molecular weight excluding hydrogens is 340 g/mol. The second-order valence-electron chi connectivity index (χ2n) is 8.08. The third kappa shape index (κ3) is 5.47. The number of nitrogens with zero attached hydrogens (tertiary/aromatic N) is 2. The van der Waals surface area contributed by atoms with Gasteiger partial charge in [-0.3, -0.25) is 9.59 Å². The second kappa shape index (κ2) is 9.25. The number of rotatable bonds is 6. The molecule has 0 N–H and O–H groups in total. The first-order chi connectivity index (χ1) is 13.0. The molecule has 1 aromatic carbocycles. The molecule has 3 rings (SSSR count). The predicted molar refractivity (Wildman–Crippen MR) is 106 cm³/mol. The molecule has 1 saturated carbocycles. The SMILES string of the molecule is CN(C)C(=O)CCc1ccc2c(c1)CN(C(=O)CCC1CCCC1)CCO2. The van der Waals surface area contributed by atoms with Crippen LogP contribution in [0, 0.1) is 5.92 Å². The van der Waals surface area contributed by atoms with E-state index < -0.39 is 0 Å². The Hall–Kier alpha value is -2.04. The van der Waals surface area contributed by atoms with Gasteiger partial charge in [0.05, 0.1) is 6.54 Å². The highest BCUT2D eigenvalue weighted by molar-refractivity contribution is 5.76. The maximum atomic E-state index is 12.7. The van der Waals surface area contributed by atoms with Crippen molar-refractivity contribution in [3.8, 4) is 5.75 Å². The Kier molecular flexibility index (Phi) is 6.75. The Bertz CT molecular complexity index is 666. The number of fused-ring (bicyclic) bond motifs is 1. The van der Waals surface area contributed by atoms with Gasteiger partial charge in [-0.05, 0) is 30.4 Å². The van der Waals surface area contributed by atoms with Gasteiger partial charge in [0.1, 0.15) is 12.4 Å². The van der Waals surface area contributed by atoms with Crippen LogP contribution in [-0.4, -0.2) is 48.9 Å². The second-order valence-corrected chi connectivity index (χ2v) is 8.08. The molecule has 0 spiro atoms. The van der Waals surface area contributed by atoms with Crippen LogP contribution < -0.4 is 4.74 Å². The maximum absolute atomic E-state index is 12.7. The lowest BCUT2D eigenvalue weighted by atomic mass is 10.0. The summed E-state index contributed by atoms with van der Waals surface area (Å²) in [6.45, 7) is 1.79. The van der Waals surface area contributed by atoms with Crippen LogP contribution in [0.15, 0.2) is 18.2 Å². The van der Waals surface area contributed by atoms with Crippen molar-refractivity contribution in [1.29, 1.82) is 0 Å². The first kappa shape index (κ1) is 19.7. The molecule has 0 aromatic heterocycles. The molecule has 2 aliphatic rings. The summed E-state index contributed by atoms with van der Waals surface area (Å²) in [7, 11) is 3.56. The molecule has 0 bridgehead atoms. The van der Waals surface area contributed by atoms with Crippen LogP contribution >= 0.6 is 0 Å². The highest BCUT2D eigenvalue weighted by atomic mass is 16.5. The summed E-state index contributed by atoms with van der Waals surface area (Å²) in [5, 5.41) is 0. The summed E-state index contributed by atoms with van der Waals surface area (Å²) < 4.78 is 5.86. The zero-order valence-electron chi connectivity index (χ0n) is 16.7. The van der Waals surface area contributed by atoms with Crippen molar-refractivity contribution in [2.45, 2.75) is 57.9 Å². The number of amides is 2. The van der Waals surface area contributed by atoms with Gasteiger partial charge in [-0.2, -0.15) is 0 Å². The Morgan fingerprint density at radius 3 is 2.70 bits per heavy atom. The van der Waals surface area contributed by atoms with E-state index in [1.807, 2.05) is 17.0 Å². The maximum Gasteiger partial charge on any atom is 0.222 e. The van der Waals surface area contributed by atoms with Crippen LogP contribution in [-0.2, 0) is 22.6 Å². The van der Waals surface area contributed by atoms with E-state index in [-0.39, 0.29) is 11.8 Å². The summed E-state index contributed by atoms with van der Waals surface area (Å²) in [6, 6.07) is 6.11. The Balaban J connectivity index is 1.59. The molecule has 1 aliphatic heterocycles. The first-order valence-electron chi connectivity index (χ1n) is 10.3. The number of carbonyl (C=O) groups excluding carboxylic acids is 2. The predicted octanol–water partition coefficient (Wildman–Crippen LogP) is 3.40. The van der Waals surface area contributed by atoms with E-state index in [1.165, 1.54) is 25.7 Å². The molecular formula is C22H32N2O3. The van der Waals surface area contributed by atoms with Gasteiger partial charge < -0.3 is 14.5 Å². The normalized spacial score (nSPS) is 17.2.